The lowest BCUT2D eigenvalue weighted by molar-refractivity contribution is 0.0931. The fourth-order valence-corrected chi connectivity index (χ4v) is 3.22. The minimum atomic E-state index is 0.0375. The molecule has 112 valence electrons. The molecule has 1 fully saturated rings. The molecule has 0 aromatic heterocycles. The molecule has 2 aromatic rings. The molecule has 3 heteroatoms. The Morgan fingerprint density at radius 3 is 2.59 bits per heavy atom. The number of fused-ring (bicyclic) bond motifs is 1. The largest absolute Gasteiger partial charge is 0.345 e. The van der Waals surface area contributed by atoms with E-state index in [1.54, 1.807) is 0 Å². The van der Waals surface area contributed by atoms with Crippen molar-refractivity contribution in [3.05, 3.63) is 70.8 Å². The zero-order valence-corrected chi connectivity index (χ0v) is 12.5. The summed E-state index contributed by atoms with van der Waals surface area (Å²) in [6.07, 6.45) is 2.40. The van der Waals surface area contributed by atoms with E-state index in [0.717, 1.165) is 18.7 Å². The third kappa shape index (κ3) is 2.64. The summed E-state index contributed by atoms with van der Waals surface area (Å²) in [5, 5.41) is 6.56. The first-order valence-corrected chi connectivity index (χ1v) is 7.99. The maximum absolute atomic E-state index is 12.6. The maximum Gasteiger partial charge on any atom is 0.251 e. The first kappa shape index (κ1) is 13.5. The lowest BCUT2D eigenvalue weighted by Gasteiger charge is -2.19. The van der Waals surface area contributed by atoms with Crippen LogP contribution in [0.4, 0.5) is 0 Å². The van der Waals surface area contributed by atoms with Gasteiger partial charge in [-0.05, 0) is 47.6 Å². The van der Waals surface area contributed by atoms with Crippen molar-refractivity contribution in [3.63, 3.8) is 0 Å². The highest BCUT2D eigenvalue weighted by molar-refractivity contribution is 5.94. The van der Waals surface area contributed by atoms with Crippen LogP contribution in [-0.2, 0) is 13.1 Å². The Balaban J connectivity index is 1.55. The summed E-state index contributed by atoms with van der Waals surface area (Å²) in [6, 6.07) is 16.5. The molecule has 0 spiro atoms. The number of hydrogen-bond donors (Lipinski definition) is 2. The minimum absolute atomic E-state index is 0.0375. The Bertz CT molecular complexity index is 692. The van der Waals surface area contributed by atoms with E-state index in [1.165, 1.54) is 29.5 Å². The smallest absolute Gasteiger partial charge is 0.251 e. The van der Waals surface area contributed by atoms with E-state index in [0.29, 0.717) is 5.92 Å². The van der Waals surface area contributed by atoms with Crippen molar-refractivity contribution < 1.29 is 4.79 Å². The second kappa shape index (κ2) is 5.58. The van der Waals surface area contributed by atoms with Gasteiger partial charge in [-0.1, -0.05) is 36.4 Å². The summed E-state index contributed by atoms with van der Waals surface area (Å²) < 4.78 is 0. The van der Waals surface area contributed by atoms with Gasteiger partial charge in [0.15, 0.2) is 0 Å². The molecule has 4 rings (SSSR count). The number of carbonyl (C=O) groups excluding carboxylic acids is 1. The molecule has 0 bridgehead atoms. The molecule has 1 saturated carbocycles. The quantitative estimate of drug-likeness (QED) is 0.909. The maximum atomic E-state index is 12.6. The molecule has 2 aromatic carbocycles. The van der Waals surface area contributed by atoms with Gasteiger partial charge >= 0.3 is 0 Å². The number of carbonyl (C=O) groups is 1. The SMILES string of the molecule is O=C(NC(c1ccccc1)C1CC1)c1ccc2c(c1)CNC2. The minimum Gasteiger partial charge on any atom is -0.345 e. The first-order chi connectivity index (χ1) is 10.8. The molecule has 3 nitrogen and oxygen atoms in total. The highest BCUT2D eigenvalue weighted by Crippen LogP contribution is 2.41. The van der Waals surface area contributed by atoms with Crippen molar-refractivity contribution in [2.45, 2.75) is 32.0 Å². The van der Waals surface area contributed by atoms with E-state index < -0.39 is 0 Å². The van der Waals surface area contributed by atoms with Gasteiger partial charge in [0, 0.05) is 18.7 Å². The molecule has 1 amide bonds. The van der Waals surface area contributed by atoms with Crippen LogP contribution in [0.5, 0.6) is 0 Å². The standard InChI is InChI=1S/C19H20N2O/c22-19(15-8-9-16-11-20-12-17(16)10-15)21-18(14-6-7-14)13-4-2-1-3-5-13/h1-5,8-10,14,18,20H,6-7,11-12H2,(H,21,22). The summed E-state index contributed by atoms with van der Waals surface area (Å²) in [7, 11) is 0. The Morgan fingerprint density at radius 2 is 1.82 bits per heavy atom. The van der Waals surface area contributed by atoms with Gasteiger partial charge in [0.2, 0.25) is 0 Å². The second-order valence-electron chi connectivity index (χ2n) is 6.29. The van der Waals surface area contributed by atoms with Crippen LogP contribution < -0.4 is 10.6 Å². The van der Waals surface area contributed by atoms with E-state index in [9.17, 15) is 4.79 Å². The Hall–Kier alpha value is -2.13. The predicted octanol–water partition coefficient (Wildman–Crippen LogP) is 3.17. The second-order valence-corrected chi connectivity index (χ2v) is 6.29. The van der Waals surface area contributed by atoms with Crippen molar-refractivity contribution in [1.29, 1.82) is 0 Å². The molecule has 1 unspecified atom stereocenters. The van der Waals surface area contributed by atoms with E-state index in [4.69, 9.17) is 0 Å². The Morgan fingerprint density at radius 1 is 1.05 bits per heavy atom. The van der Waals surface area contributed by atoms with Crippen LogP contribution in [0.15, 0.2) is 48.5 Å². The number of nitrogens with one attached hydrogen (secondary N) is 2. The van der Waals surface area contributed by atoms with E-state index >= 15 is 0 Å². The van der Waals surface area contributed by atoms with E-state index in [2.05, 4.69) is 28.8 Å². The highest BCUT2D eigenvalue weighted by Gasteiger charge is 2.33. The average Bonchev–Trinajstić information content (AvgIpc) is 3.29. The number of rotatable bonds is 4. The van der Waals surface area contributed by atoms with Crippen molar-refractivity contribution in [2.24, 2.45) is 5.92 Å². The van der Waals surface area contributed by atoms with Gasteiger partial charge < -0.3 is 10.6 Å². The van der Waals surface area contributed by atoms with Crippen molar-refractivity contribution in [2.75, 3.05) is 0 Å². The molecule has 0 saturated heterocycles. The van der Waals surface area contributed by atoms with Crippen LogP contribution in [0.1, 0.15) is 45.9 Å². The molecule has 1 atom stereocenters. The molecule has 0 radical (unpaired) electrons. The van der Waals surface area contributed by atoms with Crippen LogP contribution >= 0.6 is 0 Å². The number of hydrogen-bond acceptors (Lipinski definition) is 2. The van der Waals surface area contributed by atoms with Crippen molar-refractivity contribution in [3.8, 4) is 0 Å². The first-order valence-electron chi connectivity index (χ1n) is 7.99. The molecule has 22 heavy (non-hydrogen) atoms. The van der Waals surface area contributed by atoms with Crippen molar-refractivity contribution >= 4 is 5.91 Å². The van der Waals surface area contributed by atoms with Gasteiger partial charge in [-0.15, -0.1) is 0 Å². The van der Waals surface area contributed by atoms with Gasteiger partial charge in [0.05, 0.1) is 6.04 Å². The van der Waals surface area contributed by atoms with Gasteiger partial charge in [0.1, 0.15) is 0 Å². The number of amides is 1. The summed E-state index contributed by atoms with van der Waals surface area (Å²) in [5.74, 6) is 0.623. The van der Waals surface area contributed by atoms with Gasteiger partial charge in [-0.25, -0.2) is 0 Å². The number of benzene rings is 2. The monoisotopic (exact) mass is 292 g/mol. The van der Waals surface area contributed by atoms with Crippen molar-refractivity contribution in [1.82, 2.24) is 10.6 Å². The summed E-state index contributed by atoms with van der Waals surface area (Å²) in [4.78, 5) is 12.6. The third-order valence-electron chi connectivity index (χ3n) is 4.64. The summed E-state index contributed by atoms with van der Waals surface area (Å²) >= 11 is 0. The third-order valence-corrected chi connectivity index (χ3v) is 4.64. The van der Waals surface area contributed by atoms with Gasteiger partial charge in [-0.3, -0.25) is 4.79 Å². The molecule has 1 aliphatic carbocycles. The van der Waals surface area contributed by atoms with Crippen LogP contribution in [0, 0.1) is 5.92 Å². The lowest BCUT2D eigenvalue weighted by Crippen LogP contribution is -2.30. The molecule has 1 aliphatic heterocycles. The summed E-state index contributed by atoms with van der Waals surface area (Å²) in [6.45, 7) is 1.77. The van der Waals surface area contributed by atoms with E-state index in [-0.39, 0.29) is 11.9 Å². The van der Waals surface area contributed by atoms with E-state index in [1.807, 2.05) is 30.3 Å². The predicted molar refractivity (Wildman–Crippen MR) is 86.4 cm³/mol. The normalized spacial score (nSPS) is 17.8. The van der Waals surface area contributed by atoms with Crippen LogP contribution in [0.25, 0.3) is 0 Å². The zero-order chi connectivity index (χ0) is 14.9. The van der Waals surface area contributed by atoms with Gasteiger partial charge in [0.25, 0.3) is 5.91 Å². The summed E-state index contributed by atoms with van der Waals surface area (Å²) in [5.41, 5.74) is 4.53. The highest BCUT2D eigenvalue weighted by atomic mass is 16.1. The lowest BCUT2D eigenvalue weighted by atomic mass is 10.0. The molecule has 2 N–H and O–H groups in total. The zero-order valence-electron chi connectivity index (χ0n) is 12.5. The fourth-order valence-electron chi connectivity index (χ4n) is 3.22. The Labute approximate surface area is 130 Å². The van der Waals surface area contributed by atoms with Gasteiger partial charge in [-0.2, -0.15) is 0 Å². The molecular weight excluding hydrogens is 272 g/mol. The molecular formula is C19H20N2O. The van der Waals surface area contributed by atoms with Crippen LogP contribution in [-0.4, -0.2) is 5.91 Å². The van der Waals surface area contributed by atoms with Crippen LogP contribution in [0.2, 0.25) is 0 Å². The fraction of sp³-hybridized carbons (Fsp3) is 0.316. The van der Waals surface area contributed by atoms with Crippen LogP contribution in [0.3, 0.4) is 0 Å². The molecule has 2 aliphatic rings. The topological polar surface area (TPSA) is 41.1 Å². The Kier molecular flexibility index (Phi) is 3.43. The average molecular weight is 292 g/mol. The molecule has 1 heterocycles.